The third-order valence-electron chi connectivity index (χ3n) is 3.24. The second kappa shape index (κ2) is 5.36. The van der Waals surface area contributed by atoms with Gasteiger partial charge in [-0.3, -0.25) is 0 Å². The van der Waals surface area contributed by atoms with Gasteiger partial charge in [-0.05, 0) is 18.2 Å². The Labute approximate surface area is 112 Å². The van der Waals surface area contributed by atoms with E-state index in [1.165, 1.54) is 5.56 Å². The summed E-state index contributed by atoms with van der Waals surface area (Å²) in [7, 11) is 0. The Hall–Kier alpha value is -1.94. The standard InChI is InChI=1S/C15H17N3O/c1-2-16-8-11-9-17-15(18-10-11)14-7-12-5-3-4-6-13(12)19-14/h3-6,9-10,14,16H,2,7-8H2,1H3. The maximum atomic E-state index is 5.87. The van der Waals surface area contributed by atoms with E-state index in [4.69, 9.17) is 4.74 Å². The molecule has 0 spiro atoms. The molecule has 1 aromatic carbocycles. The van der Waals surface area contributed by atoms with Crippen LogP contribution in [0.4, 0.5) is 0 Å². The number of hydrogen-bond acceptors (Lipinski definition) is 4. The van der Waals surface area contributed by atoms with E-state index < -0.39 is 0 Å². The summed E-state index contributed by atoms with van der Waals surface area (Å²) in [5.74, 6) is 1.71. The SMILES string of the molecule is CCNCc1cnc(C2Cc3ccccc3O2)nc1. The predicted molar refractivity (Wildman–Crippen MR) is 72.9 cm³/mol. The molecule has 4 nitrogen and oxygen atoms in total. The lowest BCUT2D eigenvalue weighted by Gasteiger charge is -2.09. The van der Waals surface area contributed by atoms with Gasteiger partial charge in [-0.2, -0.15) is 0 Å². The molecule has 0 bridgehead atoms. The molecule has 98 valence electrons. The highest BCUT2D eigenvalue weighted by Crippen LogP contribution is 2.34. The average Bonchev–Trinajstić information content (AvgIpc) is 2.89. The quantitative estimate of drug-likeness (QED) is 0.910. The number of nitrogens with zero attached hydrogens (tertiary/aromatic N) is 2. The van der Waals surface area contributed by atoms with Gasteiger partial charge in [-0.15, -0.1) is 0 Å². The van der Waals surface area contributed by atoms with Crippen LogP contribution in [-0.2, 0) is 13.0 Å². The Morgan fingerprint density at radius 3 is 2.79 bits per heavy atom. The van der Waals surface area contributed by atoms with Gasteiger partial charge in [0.25, 0.3) is 0 Å². The van der Waals surface area contributed by atoms with Gasteiger partial charge in [-0.1, -0.05) is 25.1 Å². The van der Waals surface area contributed by atoms with E-state index in [0.717, 1.165) is 36.6 Å². The van der Waals surface area contributed by atoms with Crippen LogP contribution in [0.5, 0.6) is 5.75 Å². The molecular formula is C15H17N3O. The Morgan fingerprint density at radius 2 is 2.05 bits per heavy atom. The van der Waals surface area contributed by atoms with Crippen molar-refractivity contribution in [3.8, 4) is 5.75 Å². The molecule has 0 saturated carbocycles. The van der Waals surface area contributed by atoms with Crippen LogP contribution >= 0.6 is 0 Å². The minimum absolute atomic E-state index is 0.0504. The molecule has 1 atom stereocenters. The predicted octanol–water partition coefficient (Wildman–Crippen LogP) is 2.26. The van der Waals surface area contributed by atoms with E-state index in [1.54, 1.807) is 0 Å². The lowest BCUT2D eigenvalue weighted by Crippen LogP contribution is -2.14. The fourth-order valence-corrected chi connectivity index (χ4v) is 2.22. The largest absolute Gasteiger partial charge is 0.482 e. The Bertz CT molecular complexity index is 529. The summed E-state index contributed by atoms with van der Waals surface area (Å²) in [6.45, 7) is 3.84. The highest BCUT2D eigenvalue weighted by molar-refractivity contribution is 5.38. The Kier molecular flexibility index (Phi) is 3.42. The summed E-state index contributed by atoms with van der Waals surface area (Å²) in [5.41, 5.74) is 2.33. The first-order valence-electron chi connectivity index (χ1n) is 6.63. The van der Waals surface area contributed by atoms with Gasteiger partial charge in [0.05, 0.1) is 0 Å². The van der Waals surface area contributed by atoms with Crippen LogP contribution in [0.15, 0.2) is 36.7 Å². The highest BCUT2D eigenvalue weighted by Gasteiger charge is 2.25. The third kappa shape index (κ3) is 2.58. The van der Waals surface area contributed by atoms with Gasteiger partial charge in [0.15, 0.2) is 11.9 Å². The van der Waals surface area contributed by atoms with Crippen molar-refractivity contribution in [1.29, 1.82) is 0 Å². The van der Waals surface area contributed by atoms with Crippen molar-refractivity contribution in [3.63, 3.8) is 0 Å². The second-order valence-corrected chi connectivity index (χ2v) is 4.65. The third-order valence-corrected chi connectivity index (χ3v) is 3.24. The summed E-state index contributed by atoms with van der Waals surface area (Å²) in [5, 5.41) is 3.26. The van der Waals surface area contributed by atoms with Crippen LogP contribution in [0, 0.1) is 0 Å². The molecule has 1 aliphatic rings. The molecule has 0 aliphatic carbocycles. The molecule has 0 saturated heterocycles. The van der Waals surface area contributed by atoms with Crippen molar-refractivity contribution in [2.45, 2.75) is 26.0 Å². The van der Waals surface area contributed by atoms with Crippen LogP contribution in [0.1, 0.15) is 30.0 Å². The number of rotatable bonds is 4. The maximum absolute atomic E-state index is 5.87. The number of fused-ring (bicyclic) bond motifs is 1. The highest BCUT2D eigenvalue weighted by atomic mass is 16.5. The Balaban J connectivity index is 1.71. The molecule has 2 heterocycles. The molecule has 1 aromatic heterocycles. The van der Waals surface area contributed by atoms with Crippen molar-refractivity contribution < 1.29 is 4.74 Å². The van der Waals surface area contributed by atoms with Crippen molar-refractivity contribution in [1.82, 2.24) is 15.3 Å². The first kappa shape index (κ1) is 12.1. The molecule has 2 aromatic rings. The average molecular weight is 255 g/mol. The maximum Gasteiger partial charge on any atom is 0.169 e. The Morgan fingerprint density at radius 1 is 1.26 bits per heavy atom. The zero-order chi connectivity index (χ0) is 13.1. The minimum atomic E-state index is -0.0504. The number of ether oxygens (including phenoxy) is 1. The van der Waals surface area contributed by atoms with Crippen LogP contribution in [0.25, 0.3) is 0 Å². The van der Waals surface area contributed by atoms with Crippen LogP contribution in [-0.4, -0.2) is 16.5 Å². The number of para-hydroxylation sites is 1. The van der Waals surface area contributed by atoms with Gasteiger partial charge >= 0.3 is 0 Å². The molecule has 19 heavy (non-hydrogen) atoms. The normalized spacial score (nSPS) is 17.0. The molecule has 0 amide bonds. The number of hydrogen-bond donors (Lipinski definition) is 1. The van der Waals surface area contributed by atoms with Gasteiger partial charge in [0.1, 0.15) is 5.75 Å². The second-order valence-electron chi connectivity index (χ2n) is 4.65. The van der Waals surface area contributed by atoms with Crippen molar-refractivity contribution >= 4 is 0 Å². The van der Waals surface area contributed by atoms with E-state index in [2.05, 4.69) is 28.3 Å². The molecule has 1 unspecified atom stereocenters. The first-order chi connectivity index (χ1) is 9.36. The minimum Gasteiger partial charge on any atom is -0.482 e. The lowest BCUT2D eigenvalue weighted by atomic mass is 10.1. The van der Waals surface area contributed by atoms with Gasteiger partial charge in [-0.25, -0.2) is 9.97 Å². The fourth-order valence-electron chi connectivity index (χ4n) is 2.22. The first-order valence-corrected chi connectivity index (χ1v) is 6.63. The van der Waals surface area contributed by atoms with Crippen LogP contribution in [0.3, 0.4) is 0 Å². The molecule has 1 aliphatic heterocycles. The number of benzene rings is 1. The topological polar surface area (TPSA) is 47.0 Å². The van der Waals surface area contributed by atoms with Gasteiger partial charge in [0.2, 0.25) is 0 Å². The van der Waals surface area contributed by atoms with E-state index in [9.17, 15) is 0 Å². The van der Waals surface area contributed by atoms with E-state index >= 15 is 0 Å². The smallest absolute Gasteiger partial charge is 0.169 e. The zero-order valence-electron chi connectivity index (χ0n) is 11.0. The van der Waals surface area contributed by atoms with Crippen LogP contribution < -0.4 is 10.1 Å². The lowest BCUT2D eigenvalue weighted by molar-refractivity contribution is 0.227. The molecule has 4 heteroatoms. The summed E-state index contributed by atoms with van der Waals surface area (Å²) in [6.07, 6.45) is 4.54. The zero-order valence-corrected chi connectivity index (χ0v) is 11.0. The monoisotopic (exact) mass is 255 g/mol. The number of nitrogens with one attached hydrogen (secondary N) is 1. The molecule has 3 rings (SSSR count). The molecule has 0 fully saturated rings. The molecule has 1 N–H and O–H groups in total. The van der Waals surface area contributed by atoms with Crippen LogP contribution in [0.2, 0.25) is 0 Å². The van der Waals surface area contributed by atoms with Gasteiger partial charge in [0, 0.05) is 30.9 Å². The van der Waals surface area contributed by atoms with Crippen molar-refractivity contribution in [3.05, 3.63) is 53.6 Å². The summed E-state index contributed by atoms with van der Waals surface area (Å²) < 4.78 is 5.87. The van der Waals surface area contributed by atoms with Crippen molar-refractivity contribution in [2.75, 3.05) is 6.54 Å². The summed E-state index contributed by atoms with van der Waals surface area (Å²) in [6, 6.07) is 8.11. The van der Waals surface area contributed by atoms with E-state index in [0.29, 0.717) is 0 Å². The van der Waals surface area contributed by atoms with Gasteiger partial charge < -0.3 is 10.1 Å². The van der Waals surface area contributed by atoms with E-state index in [-0.39, 0.29) is 6.10 Å². The summed E-state index contributed by atoms with van der Waals surface area (Å²) >= 11 is 0. The summed E-state index contributed by atoms with van der Waals surface area (Å²) in [4.78, 5) is 8.84. The molecular weight excluding hydrogens is 238 g/mol. The van der Waals surface area contributed by atoms with E-state index in [1.807, 2.05) is 30.6 Å². The molecule has 0 radical (unpaired) electrons. The fraction of sp³-hybridized carbons (Fsp3) is 0.333. The van der Waals surface area contributed by atoms with Crippen molar-refractivity contribution in [2.24, 2.45) is 0 Å². The number of aromatic nitrogens is 2.